The van der Waals surface area contributed by atoms with Crippen molar-refractivity contribution in [3.63, 3.8) is 0 Å². The predicted molar refractivity (Wildman–Crippen MR) is 76.4 cm³/mol. The Morgan fingerprint density at radius 1 is 1.26 bits per heavy atom. The molecule has 2 rings (SSSR count). The molecule has 110 valence electrons. The summed E-state index contributed by atoms with van der Waals surface area (Å²) in [5.41, 5.74) is 0. The third kappa shape index (κ3) is 4.33. The fourth-order valence-electron chi connectivity index (χ4n) is 2.86. The van der Waals surface area contributed by atoms with Crippen LogP contribution in [0.3, 0.4) is 0 Å². The van der Waals surface area contributed by atoms with Crippen LogP contribution in [0, 0.1) is 11.8 Å². The number of ether oxygens (including phenoxy) is 1. The maximum absolute atomic E-state index is 12.0. The van der Waals surface area contributed by atoms with Crippen LogP contribution in [0.15, 0.2) is 0 Å². The first kappa shape index (κ1) is 15.1. The number of carbonyl (C=O) groups excluding carboxylic acids is 1. The number of likely N-dealkylation sites (tertiary alicyclic amines) is 1. The highest BCUT2D eigenvalue weighted by Gasteiger charge is 2.26. The molecule has 2 saturated heterocycles. The van der Waals surface area contributed by atoms with E-state index in [-0.39, 0.29) is 11.8 Å². The fraction of sp³-hybridized carbons (Fsp3) is 0.929. The number of alkyl halides is 1. The van der Waals surface area contributed by atoms with Crippen LogP contribution in [0.5, 0.6) is 0 Å². The van der Waals surface area contributed by atoms with E-state index in [1.165, 1.54) is 0 Å². The molecule has 0 aliphatic carbocycles. The van der Waals surface area contributed by atoms with E-state index >= 15 is 0 Å². The van der Waals surface area contributed by atoms with E-state index in [0.717, 1.165) is 64.7 Å². The van der Waals surface area contributed by atoms with Gasteiger partial charge in [-0.1, -0.05) is 6.92 Å². The highest BCUT2D eigenvalue weighted by Crippen LogP contribution is 2.20. The zero-order chi connectivity index (χ0) is 13.7. The topological polar surface area (TPSA) is 32.8 Å². The Labute approximate surface area is 121 Å². The summed E-state index contributed by atoms with van der Waals surface area (Å²) < 4.78 is 5.37. The second-order valence-corrected chi connectivity index (χ2v) is 6.05. The zero-order valence-electron chi connectivity index (χ0n) is 11.8. The molecule has 0 bridgehead atoms. The fourth-order valence-corrected chi connectivity index (χ4v) is 2.99. The van der Waals surface area contributed by atoms with Crippen molar-refractivity contribution in [2.24, 2.45) is 11.8 Å². The van der Waals surface area contributed by atoms with Crippen LogP contribution in [0.25, 0.3) is 0 Å². The summed E-state index contributed by atoms with van der Waals surface area (Å²) in [6.07, 6.45) is 2.25. The SMILES string of the molecule is CC(CCl)C(=O)N1CCC(CN2CCOCC2)CC1. The molecule has 0 aromatic heterocycles. The van der Waals surface area contributed by atoms with Gasteiger partial charge in [-0.05, 0) is 18.8 Å². The van der Waals surface area contributed by atoms with Gasteiger partial charge in [0, 0.05) is 44.5 Å². The van der Waals surface area contributed by atoms with Gasteiger partial charge >= 0.3 is 0 Å². The molecule has 0 N–H and O–H groups in total. The third-order valence-electron chi connectivity index (χ3n) is 4.20. The number of hydrogen-bond donors (Lipinski definition) is 0. The summed E-state index contributed by atoms with van der Waals surface area (Å²) in [5.74, 6) is 1.33. The van der Waals surface area contributed by atoms with Gasteiger partial charge in [-0.25, -0.2) is 0 Å². The summed E-state index contributed by atoms with van der Waals surface area (Å²) in [7, 11) is 0. The van der Waals surface area contributed by atoms with Crippen molar-refractivity contribution in [1.29, 1.82) is 0 Å². The van der Waals surface area contributed by atoms with Crippen LogP contribution in [0.1, 0.15) is 19.8 Å². The lowest BCUT2D eigenvalue weighted by atomic mass is 9.95. The van der Waals surface area contributed by atoms with Crippen molar-refractivity contribution in [2.75, 3.05) is 51.8 Å². The Bertz CT molecular complexity index is 287. The molecule has 0 radical (unpaired) electrons. The Hall–Kier alpha value is -0.320. The molecule has 2 fully saturated rings. The van der Waals surface area contributed by atoms with Crippen LogP contribution in [-0.4, -0.2) is 67.5 Å². The molecule has 5 heteroatoms. The lowest BCUT2D eigenvalue weighted by molar-refractivity contribution is -0.135. The first-order chi connectivity index (χ1) is 9.20. The Kier molecular flexibility index (Phi) is 5.92. The number of morpholine rings is 1. The van der Waals surface area contributed by atoms with E-state index in [9.17, 15) is 4.79 Å². The smallest absolute Gasteiger partial charge is 0.226 e. The van der Waals surface area contributed by atoms with E-state index in [2.05, 4.69) is 4.90 Å². The van der Waals surface area contributed by atoms with Crippen molar-refractivity contribution in [1.82, 2.24) is 9.80 Å². The van der Waals surface area contributed by atoms with E-state index in [0.29, 0.717) is 5.88 Å². The first-order valence-electron chi connectivity index (χ1n) is 7.35. The number of carbonyl (C=O) groups is 1. The molecular weight excluding hydrogens is 264 g/mol. The quantitative estimate of drug-likeness (QED) is 0.734. The van der Waals surface area contributed by atoms with Gasteiger partial charge in [-0.2, -0.15) is 0 Å². The monoisotopic (exact) mass is 288 g/mol. The molecule has 0 saturated carbocycles. The predicted octanol–water partition coefficient (Wildman–Crippen LogP) is 1.43. The third-order valence-corrected chi connectivity index (χ3v) is 4.66. The molecule has 1 amide bonds. The average Bonchev–Trinajstić information content (AvgIpc) is 2.47. The van der Waals surface area contributed by atoms with E-state index in [1.54, 1.807) is 0 Å². The van der Waals surface area contributed by atoms with E-state index in [1.807, 2.05) is 11.8 Å². The normalized spacial score (nSPS) is 24.4. The second kappa shape index (κ2) is 7.46. The zero-order valence-corrected chi connectivity index (χ0v) is 12.6. The second-order valence-electron chi connectivity index (χ2n) is 5.74. The minimum absolute atomic E-state index is 0.0440. The van der Waals surface area contributed by atoms with Crippen molar-refractivity contribution in [3.8, 4) is 0 Å². The summed E-state index contributed by atoms with van der Waals surface area (Å²) in [4.78, 5) is 16.5. The van der Waals surface area contributed by atoms with Gasteiger partial charge in [0.2, 0.25) is 5.91 Å². The van der Waals surface area contributed by atoms with Crippen LogP contribution in [-0.2, 0) is 9.53 Å². The van der Waals surface area contributed by atoms with Gasteiger partial charge in [0.15, 0.2) is 0 Å². The standard InChI is InChI=1S/C14H25ClN2O2/c1-12(10-15)14(18)17-4-2-13(3-5-17)11-16-6-8-19-9-7-16/h12-13H,2-11H2,1H3. The van der Waals surface area contributed by atoms with Gasteiger partial charge < -0.3 is 9.64 Å². The maximum Gasteiger partial charge on any atom is 0.226 e. The van der Waals surface area contributed by atoms with Gasteiger partial charge in [-0.3, -0.25) is 9.69 Å². The number of hydrogen-bond acceptors (Lipinski definition) is 3. The summed E-state index contributed by atoms with van der Waals surface area (Å²) >= 11 is 5.76. The van der Waals surface area contributed by atoms with Crippen LogP contribution >= 0.6 is 11.6 Å². The minimum atomic E-state index is -0.0440. The highest BCUT2D eigenvalue weighted by atomic mass is 35.5. The molecule has 0 aromatic carbocycles. The van der Waals surface area contributed by atoms with Crippen LogP contribution in [0.2, 0.25) is 0 Å². The number of nitrogens with zero attached hydrogens (tertiary/aromatic N) is 2. The molecule has 2 aliphatic rings. The summed E-state index contributed by atoms with van der Waals surface area (Å²) in [6.45, 7) is 8.72. The Morgan fingerprint density at radius 2 is 1.89 bits per heavy atom. The van der Waals surface area contributed by atoms with Crippen LogP contribution in [0.4, 0.5) is 0 Å². The molecule has 2 aliphatic heterocycles. The van der Waals surface area contributed by atoms with Gasteiger partial charge in [0.25, 0.3) is 0 Å². The molecule has 1 unspecified atom stereocenters. The first-order valence-corrected chi connectivity index (χ1v) is 7.89. The Balaban J connectivity index is 1.71. The largest absolute Gasteiger partial charge is 0.379 e. The van der Waals surface area contributed by atoms with E-state index in [4.69, 9.17) is 16.3 Å². The summed E-state index contributed by atoms with van der Waals surface area (Å²) in [5, 5.41) is 0. The number of halogens is 1. The Morgan fingerprint density at radius 3 is 2.47 bits per heavy atom. The van der Waals surface area contributed by atoms with E-state index < -0.39 is 0 Å². The lowest BCUT2D eigenvalue weighted by Crippen LogP contribution is -2.45. The molecule has 0 aromatic rings. The molecular formula is C14H25ClN2O2. The number of rotatable bonds is 4. The van der Waals surface area contributed by atoms with Crippen molar-refractivity contribution in [2.45, 2.75) is 19.8 Å². The maximum atomic E-state index is 12.0. The number of piperidine rings is 1. The molecule has 2 heterocycles. The van der Waals surface area contributed by atoms with Gasteiger partial charge in [0.05, 0.1) is 13.2 Å². The van der Waals surface area contributed by atoms with Gasteiger partial charge in [0.1, 0.15) is 0 Å². The average molecular weight is 289 g/mol. The van der Waals surface area contributed by atoms with Crippen molar-refractivity contribution in [3.05, 3.63) is 0 Å². The minimum Gasteiger partial charge on any atom is -0.379 e. The van der Waals surface area contributed by atoms with Crippen LogP contribution < -0.4 is 0 Å². The lowest BCUT2D eigenvalue weighted by Gasteiger charge is -2.36. The van der Waals surface area contributed by atoms with Gasteiger partial charge in [-0.15, -0.1) is 11.6 Å². The van der Waals surface area contributed by atoms with Crippen molar-refractivity contribution >= 4 is 17.5 Å². The molecule has 19 heavy (non-hydrogen) atoms. The van der Waals surface area contributed by atoms with Crippen molar-refractivity contribution < 1.29 is 9.53 Å². The molecule has 0 spiro atoms. The number of amides is 1. The molecule has 4 nitrogen and oxygen atoms in total. The summed E-state index contributed by atoms with van der Waals surface area (Å²) in [6, 6.07) is 0. The highest BCUT2D eigenvalue weighted by molar-refractivity contribution is 6.19. The molecule has 1 atom stereocenters.